The summed E-state index contributed by atoms with van der Waals surface area (Å²) in [4.78, 5) is 16.1. The zero-order valence-electron chi connectivity index (χ0n) is 9.08. The maximum atomic E-state index is 5.55. The molecule has 0 radical (unpaired) electrons. The standard InChI is InChI=1S/C9H12N6O/c1-3-15-5-4-11-7(15)6-12-8(10)14-9(13-6)16-2/h4-5H,3H2,1-2H3,(H2,10,12,13,14). The van der Waals surface area contributed by atoms with Crippen LogP contribution in [0.3, 0.4) is 0 Å². The van der Waals surface area contributed by atoms with Crippen LogP contribution in [-0.4, -0.2) is 31.6 Å². The first-order valence-corrected chi connectivity index (χ1v) is 4.81. The van der Waals surface area contributed by atoms with E-state index in [1.54, 1.807) is 6.20 Å². The number of aromatic nitrogens is 5. The lowest BCUT2D eigenvalue weighted by atomic mass is 10.5. The summed E-state index contributed by atoms with van der Waals surface area (Å²) in [5.41, 5.74) is 5.55. The minimum Gasteiger partial charge on any atom is -0.467 e. The van der Waals surface area contributed by atoms with Gasteiger partial charge in [0.2, 0.25) is 11.8 Å². The molecule has 7 nitrogen and oxygen atoms in total. The van der Waals surface area contributed by atoms with E-state index < -0.39 is 0 Å². The number of imidazole rings is 1. The fraction of sp³-hybridized carbons (Fsp3) is 0.333. The first kappa shape index (κ1) is 10.3. The summed E-state index contributed by atoms with van der Waals surface area (Å²) < 4.78 is 6.84. The summed E-state index contributed by atoms with van der Waals surface area (Å²) in [6.45, 7) is 2.79. The van der Waals surface area contributed by atoms with E-state index in [0.29, 0.717) is 11.6 Å². The van der Waals surface area contributed by atoms with Crippen molar-refractivity contribution >= 4 is 5.95 Å². The van der Waals surface area contributed by atoms with Crippen molar-refractivity contribution < 1.29 is 4.74 Å². The van der Waals surface area contributed by atoms with Crippen molar-refractivity contribution in [2.45, 2.75) is 13.5 Å². The van der Waals surface area contributed by atoms with E-state index >= 15 is 0 Å². The maximum Gasteiger partial charge on any atom is 0.321 e. The molecule has 16 heavy (non-hydrogen) atoms. The number of methoxy groups -OCH3 is 1. The molecule has 0 fully saturated rings. The van der Waals surface area contributed by atoms with Crippen molar-refractivity contribution in [2.75, 3.05) is 12.8 Å². The number of nitrogen functional groups attached to an aromatic ring is 1. The summed E-state index contributed by atoms with van der Waals surface area (Å²) in [6.07, 6.45) is 3.53. The van der Waals surface area contributed by atoms with Crippen molar-refractivity contribution in [3.8, 4) is 17.7 Å². The average Bonchev–Trinajstić information content (AvgIpc) is 2.76. The Hall–Kier alpha value is -2.18. The molecule has 0 aliphatic carbocycles. The predicted octanol–water partition coefficient (Wildman–Crippen LogP) is 0.346. The van der Waals surface area contributed by atoms with Gasteiger partial charge in [-0.2, -0.15) is 15.0 Å². The highest BCUT2D eigenvalue weighted by molar-refractivity contribution is 5.46. The van der Waals surface area contributed by atoms with Crippen molar-refractivity contribution in [1.82, 2.24) is 24.5 Å². The number of hydrogen-bond acceptors (Lipinski definition) is 6. The van der Waals surface area contributed by atoms with E-state index in [9.17, 15) is 0 Å². The first-order chi connectivity index (χ1) is 7.74. The topological polar surface area (TPSA) is 91.7 Å². The number of aryl methyl sites for hydroxylation is 1. The zero-order chi connectivity index (χ0) is 11.5. The van der Waals surface area contributed by atoms with Crippen molar-refractivity contribution in [3.05, 3.63) is 12.4 Å². The Bertz CT molecular complexity index is 494. The lowest BCUT2D eigenvalue weighted by Gasteiger charge is -2.04. The Morgan fingerprint density at radius 3 is 2.88 bits per heavy atom. The van der Waals surface area contributed by atoms with Crippen LogP contribution in [0.2, 0.25) is 0 Å². The Kier molecular flexibility index (Phi) is 2.67. The van der Waals surface area contributed by atoms with Crippen LogP contribution in [0.15, 0.2) is 12.4 Å². The van der Waals surface area contributed by atoms with Gasteiger partial charge >= 0.3 is 6.01 Å². The van der Waals surface area contributed by atoms with Gasteiger partial charge in [-0.1, -0.05) is 0 Å². The second-order valence-electron chi connectivity index (χ2n) is 3.04. The van der Waals surface area contributed by atoms with Gasteiger partial charge in [-0.05, 0) is 6.92 Å². The molecule has 0 aromatic carbocycles. The van der Waals surface area contributed by atoms with Gasteiger partial charge in [0.25, 0.3) is 0 Å². The highest BCUT2D eigenvalue weighted by atomic mass is 16.5. The lowest BCUT2D eigenvalue weighted by molar-refractivity contribution is 0.379. The van der Waals surface area contributed by atoms with E-state index in [1.165, 1.54) is 7.11 Å². The van der Waals surface area contributed by atoms with Crippen LogP contribution in [-0.2, 0) is 6.54 Å². The molecule has 0 unspecified atom stereocenters. The molecule has 84 valence electrons. The van der Waals surface area contributed by atoms with Gasteiger partial charge in [-0.3, -0.25) is 0 Å². The molecule has 0 saturated heterocycles. The average molecular weight is 220 g/mol. The molecule has 0 aliphatic rings. The molecule has 7 heteroatoms. The summed E-state index contributed by atoms with van der Waals surface area (Å²) in [5, 5.41) is 0. The zero-order valence-corrected chi connectivity index (χ0v) is 9.08. The molecule has 0 atom stereocenters. The first-order valence-electron chi connectivity index (χ1n) is 4.81. The largest absolute Gasteiger partial charge is 0.467 e. The van der Waals surface area contributed by atoms with E-state index in [2.05, 4.69) is 19.9 Å². The SMILES string of the molecule is CCn1ccnc1-c1nc(N)nc(OC)n1. The highest BCUT2D eigenvalue weighted by Crippen LogP contribution is 2.15. The summed E-state index contributed by atoms with van der Waals surface area (Å²) in [7, 11) is 1.48. The van der Waals surface area contributed by atoms with E-state index in [0.717, 1.165) is 6.54 Å². The molecular weight excluding hydrogens is 208 g/mol. The van der Waals surface area contributed by atoms with Gasteiger partial charge in [0.15, 0.2) is 5.82 Å². The molecule has 2 rings (SSSR count). The number of ether oxygens (including phenoxy) is 1. The van der Waals surface area contributed by atoms with E-state index in [4.69, 9.17) is 10.5 Å². The molecule has 0 amide bonds. The van der Waals surface area contributed by atoms with Crippen molar-refractivity contribution in [1.29, 1.82) is 0 Å². The fourth-order valence-electron chi connectivity index (χ4n) is 1.33. The quantitative estimate of drug-likeness (QED) is 0.802. The van der Waals surface area contributed by atoms with Gasteiger partial charge < -0.3 is 15.0 Å². The molecule has 0 aliphatic heterocycles. The van der Waals surface area contributed by atoms with Crippen LogP contribution in [0.4, 0.5) is 5.95 Å². The lowest BCUT2D eigenvalue weighted by Crippen LogP contribution is -2.06. The maximum absolute atomic E-state index is 5.55. The summed E-state index contributed by atoms with van der Waals surface area (Å²) in [5.74, 6) is 1.18. The van der Waals surface area contributed by atoms with Crippen LogP contribution in [0, 0.1) is 0 Å². The molecule has 2 N–H and O–H groups in total. The number of hydrogen-bond donors (Lipinski definition) is 1. The normalized spacial score (nSPS) is 10.4. The molecule has 0 saturated carbocycles. The number of anilines is 1. The minimum absolute atomic E-state index is 0.118. The fourth-order valence-corrected chi connectivity index (χ4v) is 1.33. The second kappa shape index (κ2) is 4.13. The number of nitrogens with two attached hydrogens (primary N) is 1. The van der Waals surface area contributed by atoms with Crippen LogP contribution in [0.1, 0.15) is 6.92 Å². The van der Waals surface area contributed by atoms with Crippen LogP contribution in [0.5, 0.6) is 6.01 Å². The second-order valence-corrected chi connectivity index (χ2v) is 3.04. The molecule has 0 spiro atoms. The van der Waals surface area contributed by atoms with Crippen LogP contribution in [0.25, 0.3) is 11.6 Å². The highest BCUT2D eigenvalue weighted by Gasteiger charge is 2.11. The minimum atomic E-state index is 0.118. The Morgan fingerprint density at radius 2 is 2.19 bits per heavy atom. The molecule has 2 aromatic rings. The van der Waals surface area contributed by atoms with Gasteiger partial charge in [-0.25, -0.2) is 4.98 Å². The van der Waals surface area contributed by atoms with Gasteiger partial charge in [0, 0.05) is 18.9 Å². The smallest absolute Gasteiger partial charge is 0.321 e. The predicted molar refractivity (Wildman–Crippen MR) is 57.7 cm³/mol. The Labute approximate surface area is 92.3 Å². The Balaban J connectivity index is 2.51. The molecule has 2 heterocycles. The third-order valence-corrected chi connectivity index (χ3v) is 2.07. The third kappa shape index (κ3) is 1.79. The molecule has 0 bridgehead atoms. The molecular formula is C9H12N6O. The number of nitrogens with zero attached hydrogens (tertiary/aromatic N) is 5. The summed E-state index contributed by atoms with van der Waals surface area (Å²) >= 11 is 0. The van der Waals surface area contributed by atoms with Gasteiger partial charge in [-0.15, -0.1) is 0 Å². The summed E-state index contributed by atoms with van der Waals surface area (Å²) in [6, 6.07) is 0.188. The van der Waals surface area contributed by atoms with Crippen LogP contribution < -0.4 is 10.5 Å². The van der Waals surface area contributed by atoms with Gasteiger partial charge in [0.1, 0.15) is 0 Å². The van der Waals surface area contributed by atoms with Crippen molar-refractivity contribution in [3.63, 3.8) is 0 Å². The van der Waals surface area contributed by atoms with Gasteiger partial charge in [0.05, 0.1) is 7.11 Å². The monoisotopic (exact) mass is 220 g/mol. The number of rotatable bonds is 3. The van der Waals surface area contributed by atoms with E-state index in [-0.39, 0.29) is 12.0 Å². The third-order valence-electron chi connectivity index (χ3n) is 2.07. The Morgan fingerprint density at radius 1 is 1.38 bits per heavy atom. The van der Waals surface area contributed by atoms with Crippen molar-refractivity contribution in [2.24, 2.45) is 0 Å². The van der Waals surface area contributed by atoms with E-state index in [1.807, 2.05) is 17.7 Å². The van der Waals surface area contributed by atoms with Crippen LogP contribution >= 0.6 is 0 Å². The molecule has 2 aromatic heterocycles.